The summed E-state index contributed by atoms with van der Waals surface area (Å²) in [6, 6.07) is 0. The molecule has 1 aliphatic heterocycles. The van der Waals surface area contributed by atoms with Crippen LogP contribution < -0.4 is 10.8 Å². The van der Waals surface area contributed by atoms with Crippen LogP contribution in [0.4, 0.5) is 5.69 Å². The predicted octanol–water partition coefficient (Wildman–Crippen LogP) is 3.28. The summed E-state index contributed by atoms with van der Waals surface area (Å²) in [5, 5.41) is 3.37. The van der Waals surface area contributed by atoms with Crippen molar-refractivity contribution < 1.29 is 4.84 Å². The average Bonchev–Trinajstić information content (AvgIpc) is 2.44. The van der Waals surface area contributed by atoms with E-state index in [1.807, 2.05) is 0 Å². The van der Waals surface area contributed by atoms with Gasteiger partial charge < -0.3 is 5.32 Å². The quantitative estimate of drug-likeness (QED) is 0.379. The van der Waals surface area contributed by atoms with Gasteiger partial charge in [-0.1, -0.05) is 0 Å². The zero-order valence-electron chi connectivity index (χ0n) is 10.6. The second-order valence-corrected chi connectivity index (χ2v) is 6.30. The summed E-state index contributed by atoms with van der Waals surface area (Å²) in [7, 11) is 1.59. The molecule has 0 spiro atoms. The average molecular weight is 335 g/mol. The molecule has 0 saturated carbocycles. The van der Waals surface area contributed by atoms with Crippen molar-refractivity contribution in [2.75, 3.05) is 25.7 Å². The van der Waals surface area contributed by atoms with E-state index in [1.165, 1.54) is 0 Å². The molecule has 2 N–H and O–H groups in total. The van der Waals surface area contributed by atoms with Crippen LogP contribution in [0, 0.1) is 0 Å². The molecule has 0 amide bonds. The van der Waals surface area contributed by atoms with Crippen LogP contribution in [-0.2, 0) is 4.84 Å². The Bertz CT molecular complexity index is 476. The molecule has 1 fully saturated rings. The van der Waals surface area contributed by atoms with Crippen LogP contribution in [0.3, 0.4) is 0 Å². The van der Waals surface area contributed by atoms with E-state index in [4.69, 9.17) is 4.84 Å². The largest absolute Gasteiger partial charge is 0.317 e. The lowest BCUT2D eigenvalue weighted by Crippen LogP contribution is -2.27. The van der Waals surface area contributed by atoms with Crippen molar-refractivity contribution in [3.63, 3.8) is 0 Å². The van der Waals surface area contributed by atoms with Crippen molar-refractivity contribution in [1.29, 1.82) is 0 Å². The molecular weight excluding hydrogens is 316 g/mol. The molecule has 0 atom stereocenters. The predicted molar refractivity (Wildman–Crippen MR) is 90.9 cm³/mol. The molecule has 3 nitrogen and oxygen atoms in total. The number of rotatable bonds is 3. The van der Waals surface area contributed by atoms with Crippen LogP contribution in [0.2, 0.25) is 0 Å². The summed E-state index contributed by atoms with van der Waals surface area (Å²) in [6.45, 7) is 2.02. The Morgan fingerprint density at radius 3 is 2.16 bits per heavy atom. The molecule has 7 heteroatoms. The number of thiol groups is 4. The number of benzene rings is 1. The van der Waals surface area contributed by atoms with Gasteiger partial charge in [-0.25, -0.2) is 0 Å². The highest BCUT2D eigenvalue weighted by molar-refractivity contribution is 7.86. The van der Waals surface area contributed by atoms with Crippen LogP contribution in [0.1, 0.15) is 24.3 Å². The van der Waals surface area contributed by atoms with E-state index in [1.54, 1.807) is 7.11 Å². The monoisotopic (exact) mass is 334 g/mol. The van der Waals surface area contributed by atoms with Crippen molar-refractivity contribution in [2.45, 2.75) is 38.3 Å². The zero-order chi connectivity index (χ0) is 14.0. The van der Waals surface area contributed by atoms with Gasteiger partial charge in [-0.15, -0.1) is 50.5 Å². The van der Waals surface area contributed by atoms with Crippen molar-refractivity contribution in [3.8, 4) is 0 Å². The maximum absolute atomic E-state index is 5.08. The molecule has 2 rings (SSSR count). The minimum absolute atomic E-state index is 0.428. The van der Waals surface area contributed by atoms with E-state index in [2.05, 4.69) is 61.3 Å². The lowest BCUT2D eigenvalue weighted by Gasteiger charge is -2.28. The number of hydrogen-bond donors (Lipinski definition) is 6. The number of hydrogen-bond acceptors (Lipinski definition) is 7. The van der Waals surface area contributed by atoms with Gasteiger partial charge in [0.15, 0.2) is 0 Å². The van der Waals surface area contributed by atoms with Gasteiger partial charge in [-0.05, 0) is 37.4 Å². The van der Waals surface area contributed by atoms with E-state index in [0.29, 0.717) is 10.8 Å². The van der Waals surface area contributed by atoms with E-state index in [0.717, 1.165) is 51.9 Å². The molecule has 19 heavy (non-hydrogen) atoms. The molecule has 1 aliphatic rings. The van der Waals surface area contributed by atoms with Gasteiger partial charge in [0.05, 0.1) is 12.8 Å². The molecule has 1 aromatic rings. The molecule has 0 unspecified atom stereocenters. The van der Waals surface area contributed by atoms with Gasteiger partial charge in [0.25, 0.3) is 0 Å². The van der Waals surface area contributed by atoms with E-state index >= 15 is 0 Å². The van der Waals surface area contributed by atoms with Gasteiger partial charge in [-0.3, -0.25) is 10.3 Å². The fraction of sp³-hybridized carbons (Fsp3) is 0.500. The number of nitrogens with one attached hydrogen (secondary N) is 2. The Morgan fingerprint density at radius 2 is 1.58 bits per heavy atom. The lowest BCUT2D eigenvalue weighted by atomic mass is 9.89. The smallest absolute Gasteiger partial charge is 0.0795 e. The third-order valence-electron chi connectivity index (χ3n) is 3.39. The standard InChI is InChI=1S/C12H18N2OS4/c1-15-14-8-7(6-2-4-13-5-3-6)9(16)11(18)12(19)10(8)17/h6,13-14,16-19H,2-5H2,1H3. The van der Waals surface area contributed by atoms with Crippen LogP contribution in [0.5, 0.6) is 0 Å². The maximum atomic E-state index is 5.08. The molecular formula is C12H18N2OS4. The Kier molecular flexibility index (Phi) is 5.68. The molecule has 1 heterocycles. The van der Waals surface area contributed by atoms with Gasteiger partial charge in [0.2, 0.25) is 0 Å². The second kappa shape index (κ2) is 6.87. The minimum atomic E-state index is 0.428. The first-order valence-corrected chi connectivity index (χ1v) is 7.86. The fourth-order valence-corrected chi connectivity index (χ4v) is 3.75. The third-order valence-corrected chi connectivity index (χ3v) is 5.72. The Hall–Kier alpha value is 0.340. The van der Waals surface area contributed by atoms with E-state index < -0.39 is 0 Å². The summed E-state index contributed by atoms with van der Waals surface area (Å²) in [6.07, 6.45) is 2.14. The van der Waals surface area contributed by atoms with Gasteiger partial charge >= 0.3 is 0 Å². The summed E-state index contributed by atoms with van der Waals surface area (Å²) in [5.41, 5.74) is 4.90. The van der Waals surface area contributed by atoms with Crippen LogP contribution in [0.25, 0.3) is 0 Å². The normalized spacial score (nSPS) is 16.7. The fourth-order valence-electron chi connectivity index (χ4n) is 2.43. The van der Waals surface area contributed by atoms with Gasteiger partial charge in [0.1, 0.15) is 0 Å². The SMILES string of the molecule is CONc1c(S)c(S)c(S)c(S)c1C1CCNCC1. The Labute approximate surface area is 135 Å². The maximum Gasteiger partial charge on any atom is 0.0795 e. The van der Waals surface area contributed by atoms with E-state index in [9.17, 15) is 0 Å². The van der Waals surface area contributed by atoms with Crippen LogP contribution >= 0.6 is 50.5 Å². The second-order valence-electron chi connectivity index (χ2n) is 4.51. The molecule has 0 aromatic heterocycles. The Balaban J connectivity index is 2.55. The molecule has 0 aliphatic carbocycles. The lowest BCUT2D eigenvalue weighted by molar-refractivity contribution is 0.268. The van der Waals surface area contributed by atoms with Crippen molar-refractivity contribution >= 4 is 56.2 Å². The van der Waals surface area contributed by atoms with Gasteiger partial charge in [-0.2, -0.15) is 0 Å². The first-order chi connectivity index (χ1) is 9.07. The highest BCUT2D eigenvalue weighted by atomic mass is 32.1. The first kappa shape index (κ1) is 15.7. The summed E-state index contributed by atoms with van der Waals surface area (Å²) in [5.74, 6) is 0.428. The van der Waals surface area contributed by atoms with Crippen molar-refractivity contribution in [1.82, 2.24) is 5.32 Å². The number of piperidine rings is 1. The third kappa shape index (κ3) is 3.16. The highest BCUT2D eigenvalue weighted by Gasteiger charge is 2.25. The van der Waals surface area contributed by atoms with E-state index in [-0.39, 0.29) is 0 Å². The molecule has 106 valence electrons. The zero-order valence-corrected chi connectivity index (χ0v) is 14.2. The van der Waals surface area contributed by atoms with Crippen LogP contribution in [0.15, 0.2) is 19.6 Å². The molecule has 0 bridgehead atoms. The highest BCUT2D eigenvalue weighted by Crippen LogP contribution is 2.45. The minimum Gasteiger partial charge on any atom is -0.317 e. The summed E-state index contributed by atoms with van der Waals surface area (Å²) < 4.78 is 0. The molecule has 1 aromatic carbocycles. The van der Waals surface area contributed by atoms with Crippen molar-refractivity contribution in [3.05, 3.63) is 5.56 Å². The van der Waals surface area contributed by atoms with Crippen LogP contribution in [-0.4, -0.2) is 20.2 Å². The topological polar surface area (TPSA) is 33.3 Å². The summed E-state index contributed by atoms with van der Waals surface area (Å²) >= 11 is 18.1. The van der Waals surface area contributed by atoms with Gasteiger partial charge in [0, 0.05) is 19.6 Å². The first-order valence-electron chi connectivity index (χ1n) is 6.07. The molecule has 0 radical (unpaired) electrons. The Morgan fingerprint density at radius 1 is 1.00 bits per heavy atom. The van der Waals surface area contributed by atoms with Crippen molar-refractivity contribution in [2.24, 2.45) is 0 Å². The molecule has 1 saturated heterocycles. The number of anilines is 1. The summed E-state index contributed by atoms with van der Waals surface area (Å²) in [4.78, 5) is 8.18.